The summed E-state index contributed by atoms with van der Waals surface area (Å²) < 4.78 is 37.0. The highest BCUT2D eigenvalue weighted by atomic mass is 19.4. The summed E-state index contributed by atoms with van der Waals surface area (Å²) in [6, 6.07) is 2.50. The van der Waals surface area contributed by atoms with E-state index < -0.39 is 24.6 Å². The maximum Gasteiger partial charge on any atom is 0.506 e. The third kappa shape index (κ3) is 2.48. The Hall–Kier alpha value is -1.53. The molecule has 0 aromatic carbocycles. The molecular weight excluding hydrogens is 196 g/mol. The van der Waals surface area contributed by atoms with Crippen LogP contribution in [0.2, 0.25) is 0 Å². The molecule has 0 saturated carbocycles. The summed E-state index contributed by atoms with van der Waals surface area (Å²) in [6.45, 7) is -2.85. The number of aromatic nitrogens is 2. The molecule has 0 aliphatic carbocycles. The molecule has 14 heavy (non-hydrogen) atoms. The molecule has 0 amide bonds. The molecule has 3 nitrogen and oxygen atoms in total. The van der Waals surface area contributed by atoms with Crippen LogP contribution in [0.4, 0.5) is 12.9 Å². The molecule has 0 bridgehead atoms. The van der Waals surface area contributed by atoms with E-state index >= 15 is 0 Å². The second kappa shape index (κ2) is 3.69. The fourth-order valence-electron chi connectivity index (χ4n) is 0.802. The molecule has 0 aliphatic heterocycles. The molecule has 76 valence electrons. The smallest absolute Gasteiger partial charge is 0.445 e. The van der Waals surface area contributed by atoms with E-state index in [-0.39, 0.29) is 0 Å². The topological polar surface area (TPSA) is 34.9 Å². The largest absolute Gasteiger partial charge is 0.506 e. The Morgan fingerprint density at radius 3 is 2.71 bits per heavy atom. The minimum Gasteiger partial charge on any atom is -0.445 e. The van der Waals surface area contributed by atoms with Crippen LogP contribution in [0.15, 0.2) is 35.2 Å². The van der Waals surface area contributed by atoms with Crippen molar-refractivity contribution in [1.82, 2.24) is 9.78 Å². The Balaban J connectivity index is 2.86. The molecule has 1 heterocycles. The fraction of sp³-hybridized carbons (Fsp3) is 0.143. The van der Waals surface area contributed by atoms with Crippen molar-refractivity contribution in [2.24, 2.45) is 0 Å². The molecule has 0 aliphatic rings. The van der Waals surface area contributed by atoms with Gasteiger partial charge in [-0.3, -0.25) is 4.79 Å². The highest BCUT2D eigenvalue weighted by molar-refractivity contribution is 6.66. The lowest BCUT2D eigenvalue weighted by Crippen LogP contribution is -2.28. The van der Waals surface area contributed by atoms with Crippen LogP contribution in [-0.4, -0.2) is 16.8 Å². The second-order valence-corrected chi connectivity index (χ2v) is 2.75. The molecule has 1 aromatic heterocycles. The zero-order chi connectivity index (χ0) is 10.8. The van der Waals surface area contributed by atoms with Crippen molar-refractivity contribution < 1.29 is 12.9 Å². The van der Waals surface area contributed by atoms with Crippen LogP contribution in [0.25, 0.3) is 0 Å². The van der Waals surface area contributed by atoms with Gasteiger partial charge in [0.1, 0.15) is 0 Å². The van der Waals surface area contributed by atoms with Crippen molar-refractivity contribution in [3.8, 4) is 0 Å². The van der Waals surface area contributed by atoms with Crippen LogP contribution in [-0.2, 0) is 6.54 Å². The fourth-order valence-corrected chi connectivity index (χ4v) is 0.802. The van der Waals surface area contributed by atoms with Gasteiger partial charge in [-0.15, -0.1) is 12.1 Å². The summed E-state index contributed by atoms with van der Waals surface area (Å²) in [5.74, 6) is 0. The van der Waals surface area contributed by atoms with Crippen molar-refractivity contribution in [2.75, 3.05) is 0 Å². The minimum absolute atomic E-state index is 0.575. The van der Waals surface area contributed by atoms with Gasteiger partial charge in [-0.2, -0.15) is 5.10 Å². The molecule has 0 spiro atoms. The molecule has 1 rings (SSSR count). The van der Waals surface area contributed by atoms with E-state index in [9.17, 15) is 17.7 Å². The molecule has 0 unspecified atom stereocenters. The molecule has 0 atom stereocenters. The molecule has 0 saturated heterocycles. The van der Waals surface area contributed by atoms with Crippen molar-refractivity contribution in [3.63, 3.8) is 0 Å². The van der Waals surface area contributed by atoms with Crippen LogP contribution in [0.5, 0.6) is 0 Å². The zero-order valence-electron chi connectivity index (χ0n) is 7.16. The zero-order valence-corrected chi connectivity index (χ0v) is 7.16. The van der Waals surface area contributed by atoms with Crippen molar-refractivity contribution >= 4 is 6.98 Å². The average Bonchev–Trinajstić information content (AvgIpc) is 2.07. The maximum absolute atomic E-state index is 12.1. The van der Waals surface area contributed by atoms with Gasteiger partial charge in [0.05, 0.1) is 0 Å². The number of allylic oxidation sites excluding steroid dienone is 1. The van der Waals surface area contributed by atoms with E-state index in [1.165, 1.54) is 12.3 Å². The van der Waals surface area contributed by atoms with E-state index in [0.29, 0.717) is 0 Å². The first-order chi connectivity index (χ1) is 6.41. The lowest BCUT2D eigenvalue weighted by Gasteiger charge is -2.17. The highest BCUT2D eigenvalue weighted by Gasteiger charge is 2.26. The van der Waals surface area contributed by atoms with Crippen molar-refractivity contribution in [2.45, 2.75) is 6.54 Å². The predicted octanol–water partition coefficient (Wildman–Crippen LogP) is 1.19. The lowest BCUT2D eigenvalue weighted by molar-refractivity contribution is 0.477. The van der Waals surface area contributed by atoms with Crippen molar-refractivity contribution in [1.29, 1.82) is 0 Å². The van der Waals surface area contributed by atoms with Crippen LogP contribution in [0.3, 0.4) is 0 Å². The van der Waals surface area contributed by atoms with Crippen LogP contribution >= 0.6 is 0 Å². The second-order valence-electron chi connectivity index (χ2n) is 2.75. The Labute approximate surface area is 77.9 Å². The molecule has 7 heteroatoms. The summed E-state index contributed by atoms with van der Waals surface area (Å²) in [6.07, 6.45) is 1.25. The predicted molar refractivity (Wildman–Crippen MR) is 46.7 cm³/mol. The molecule has 0 radical (unpaired) electrons. The third-order valence-corrected chi connectivity index (χ3v) is 1.60. The maximum atomic E-state index is 12.1. The Morgan fingerprint density at radius 1 is 1.57 bits per heavy atom. The van der Waals surface area contributed by atoms with Gasteiger partial charge in [0.15, 0.2) is 0 Å². The van der Waals surface area contributed by atoms with Crippen LogP contribution < -0.4 is 5.56 Å². The van der Waals surface area contributed by atoms with E-state index in [1.807, 2.05) is 0 Å². The summed E-state index contributed by atoms with van der Waals surface area (Å²) in [4.78, 5) is 11.0. The van der Waals surface area contributed by atoms with Gasteiger partial charge in [-0.05, 0) is 6.07 Å². The first-order valence-corrected chi connectivity index (χ1v) is 3.81. The highest BCUT2D eigenvalue weighted by Crippen LogP contribution is 2.18. The number of nitrogens with zero attached hydrogens (tertiary/aromatic N) is 2. The Bertz CT molecular complexity index is 398. The van der Waals surface area contributed by atoms with Gasteiger partial charge in [0.25, 0.3) is 5.56 Å². The van der Waals surface area contributed by atoms with E-state index in [2.05, 4.69) is 11.7 Å². The summed E-state index contributed by atoms with van der Waals surface area (Å²) in [5.41, 5.74) is -1.51. The van der Waals surface area contributed by atoms with Gasteiger partial charge < -0.3 is 12.9 Å². The van der Waals surface area contributed by atoms with E-state index in [4.69, 9.17) is 0 Å². The van der Waals surface area contributed by atoms with Crippen LogP contribution in [0, 0.1) is 0 Å². The summed E-state index contributed by atoms with van der Waals surface area (Å²) in [7, 11) is 0. The number of hydrogen-bond acceptors (Lipinski definition) is 2. The standard InChI is InChI=1S/C7H7BF3N2O/c1-6(8(9,10)11)5-13-7(14)3-2-4-12-13/h2-4H,1,5H2/q-1. The molecule has 1 aromatic rings. The first kappa shape index (κ1) is 10.6. The van der Waals surface area contributed by atoms with Gasteiger partial charge in [-0.1, -0.05) is 0 Å². The monoisotopic (exact) mass is 203 g/mol. The van der Waals surface area contributed by atoms with Gasteiger partial charge in [0.2, 0.25) is 0 Å². The SMILES string of the molecule is C=C(Cn1ncccc1=O)[B-](F)(F)F. The first-order valence-electron chi connectivity index (χ1n) is 3.81. The molecule has 0 N–H and O–H groups in total. The average molecular weight is 203 g/mol. The summed E-state index contributed by atoms with van der Waals surface area (Å²) >= 11 is 0. The van der Waals surface area contributed by atoms with E-state index in [0.717, 1.165) is 10.7 Å². The quantitative estimate of drug-likeness (QED) is 0.691. The van der Waals surface area contributed by atoms with Crippen LogP contribution in [0.1, 0.15) is 0 Å². The van der Waals surface area contributed by atoms with Gasteiger partial charge in [0, 0.05) is 18.8 Å². The Morgan fingerprint density at radius 2 is 2.21 bits per heavy atom. The molecular formula is C7H7BF3N2O-. The van der Waals surface area contributed by atoms with Gasteiger partial charge in [-0.25, -0.2) is 4.68 Å². The number of hydrogen-bond donors (Lipinski definition) is 0. The summed E-state index contributed by atoms with van der Waals surface area (Å²) in [5, 5.41) is 3.49. The molecule has 0 fully saturated rings. The van der Waals surface area contributed by atoms with Crippen molar-refractivity contribution in [3.05, 3.63) is 40.7 Å². The van der Waals surface area contributed by atoms with Gasteiger partial charge >= 0.3 is 6.98 Å². The lowest BCUT2D eigenvalue weighted by atomic mass is 9.80. The number of rotatable bonds is 3. The van der Waals surface area contributed by atoms with E-state index in [1.54, 1.807) is 0 Å². The normalized spacial score (nSPS) is 11.4. The number of halogens is 3. The third-order valence-electron chi connectivity index (χ3n) is 1.60. The minimum atomic E-state index is -5.11. The Kier molecular flexibility index (Phi) is 2.78.